The predicted octanol–water partition coefficient (Wildman–Crippen LogP) is 2.77. The van der Waals surface area contributed by atoms with Crippen LogP contribution in [0.15, 0.2) is 0 Å². The number of nitrogens with two attached hydrogens (primary N) is 1. The number of hydrogen-bond donors (Lipinski definition) is 3. The van der Waals surface area contributed by atoms with Crippen molar-refractivity contribution in [1.29, 1.82) is 0 Å². The second-order valence-corrected chi connectivity index (χ2v) is 5.06. The Labute approximate surface area is 116 Å². The number of hydrogen-bond acceptors (Lipinski definition) is 2. The summed E-state index contributed by atoms with van der Waals surface area (Å²) in [5, 5.41) is 0.0930. The van der Waals surface area contributed by atoms with Gasteiger partial charge in [0.05, 0.1) is 0 Å². The third-order valence-corrected chi connectivity index (χ3v) is 2.93. The largest absolute Gasteiger partial charge is 0.375 e. The molecule has 1 amide bonds. The monoisotopic (exact) mass is 273 g/mol. The topological polar surface area (TPSA) is 67.2 Å². The highest BCUT2D eigenvalue weighted by Crippen LogP contribution is 2.10. The molecule has 0 aromatic heterocycles. The summed E-state index contributed by atoms with van der Waals surface area (Å²) in [6.45, 7) is 2.23. The van der Waals surface area contributed by atoms with Gasteiger partial charge in [-0.2, -0.15) is 0 Å². The molecule has 0 aliphatic rings. The van der Waals surface area contributed by atoms with Crippen LogP contribution in [-0.4, -0.2) is 11.0 Å². The van der Waals surface area contributed by atoms with E-state index < -0.39 is 0 Å². The molecule has 0 bridgehead atoms. The average Bonchev–Trinajstić information content (AvgIpc) is 2.34. The number of thiocarbonyl (C=S) groups is 1. The van der Waals surface area contributed by atoms with E-state index in [0.29, 0.717) is 6.42 Å². The summed E-state index contributed by atoms with van der Waals surface area (Å²) < 4.78 is 0. The highest BCUT2D eigenvalue weighted by Gasteiger charge is 2.00. The third-order valence-electron chi connectivity index (χ3n) is 2.83. The molecule has 0 unspecified atom stereocenters. The SMILES string of the molecule is CCCCCCCCCCCC(=O)NNC(N)=S. The fourth-order valence-corrected chi connectivity index (χ4v) is 1.84. The van der Waals surface area contributed by atoms with Crippen molar-refractivity contribution in [3.63, 3.8) is 0 Å². The van der Waals surface area contributed by atoms with Crippen LogP contribution in [0.5, 0.6) is 0 Å². The van der Waals surface area contributed by atoms with Crippen LogP contribution in [0.4, 0.5) is 0 Å². The number of carbonyl (C=O) groups is 1. The zero-order valence-electron chi connectivity index (χ0n) is 11.5. The molecule has 5 heteroatoms. The summed E-state index contributed by atoms with van der Waals surface area (Å²) in [4.78, 5) is 11.3. The van der Waals surface area contributed by atoms with Gasteiger partial charge in [0.15, 0.2) is 5.11 Å². The highest BCUT2D eigenvalue weighted by molar-refractivity contribution is 7.80. The van der Waals surface area contributed by atoms with Crippen molar-refractivity contribution >= 4 is 23.2 Å². The Morgan fingerprint density at radius 2 is 1.44 bits per heavy atom. The summed E-state index contributed by atoms with van der Waals surface area (Å²) in [7, 11) is 0. The molecule has 0 aromatic carbocycles. The van der Waals surface area contributed by atoms with Crippen LogP contribution in [-0.2, 0) is 4.79 Å². The van der Waals surface area contributed by atoms with Crippen LogP contribution in [0.25, 0.3) is 0 Å². The van der Waals surface area contributed by atoms with E-state index in [-0.39, 0.29) is 11.0 Å². The van der Waals surface area contributed by atoms with Gasteiger partial charge in [-0.25, -0.2) is 0 Å². The van der Waals surface area contributed by atoms with Crippen LogP contribution in [0.3, 0.4) is 0 Å². The molecule has 0 spiro atoms. The first-order valence-electron chi connectivity index (χ1n) is 7.01. The second kappa shape index (κ2) is 12.6. The molecule has 0 saturated heterocycles. The van der Waals surface area contributed by atoms with Crippen LogP contribution >= 0.6 is 12.2 Å². The van der Waals surface area contributed by atoms with Gasteiger partial charge in [-0.05, 0) is 18.6 Å². The fraction of sp³-hybridized carbons (Fsp3) is 0.846. The summed E-state index contributed by atoms with van der Waals surface area (Å²) in [6.07, 6.45) is 11.8. The molecule has 0 rings (SSSR count). The van der Waals surface area contributed by atoms with Crippen molar-refractivity contribution in [2.75, 3.05) is 0 Å². The van der Waals surface area contributed by atoms with Crippen molar-refractivity contribution in [3.8, 4) is 0 Å². The Morgan fingerprint density at radius 1 is 0.944 bits per heavy atom. The lowest BCUT2D eigenvalue weighted by atomic mass is 10.1. The lowest BCUT2D eigenvalue weighted by molar-refractivity contribution is -0.121. The number of unbranched alkanes of at least 4 members (excludes halogenated alkanes) is 8. The van der Waals surface area contributed by atoms with Gasteiger partial charge in [0, 0.05) is 6.42 Å². The van der Waals surface area contributed by atoms with Crippen LogP contribution in [0.2, 0.25) is 0 Å². The van der Waals surface area contributed by atoms with Crippen molar-refractivity contribution in [2.45, 2.75) is 71.1 Å². The lowest BCUT2D eigenvalue weighted by Gasteiger charge is -2.06. The van der Waals surface area contributed by atoms with Gasteiger partial charge < -0.3 is 5.73 Å². The average molecular weight is 273 g/mol. The smallest absolute Gasteiger partial charge is 0.238 e. The number of nitrogens with one attached hydrogen (secondary N) is 2. The van der Waals surface area contributed by atoms with Gasteiger partial charge in [-0.15, -0.1) is 0 Å². The Hall–Kier alpha value is -0.840. The van der Waals surface area contributed by atoms with E-state index in [1.54, 1.807) is 0 Å². The molecule has 0 radical (unpaired) electrons. The van der Waals surface area contributed by atoms with Gasteiger partial charge in [0.1, 0.15) is 0 Å². The zero-order chi connectivity index (χ0) is 13.6. The quantitative estimate of drug-likeness (QED) is 0.325. The lowest BCUT2D eigenvalue weighted by Crippen LogP contribution is -2.44. The first-order valence-corrected chi connectivity index (χ1v) is 7.42. The minimum atomic E-state index is -0.0502. The predicted molar refractivity (Wildman–Crippen MR) is 79.9 cm³/mol. The molecule has 106 valence electrons. The van der Waals surface area contributed by atoms with Crippen molar-refractivity contribution < 1.29 is 4.79 Å². The van der Waals surface area contributed by atoms with Gasteiger partial charge in [-0.1, -0.05) is 58.3 Å². The summed E-state index contributed by atoms with van der Waals surface area (Å²) >= 11 is 4.58. The van der Waals surface area contributed by atoms with E-state index >= 15 is 0 Å². The maximum absolute atomic E-state index is 11.3. The highest BCUT2D eigenvalue weighted by atomic mass is 32.1. The van der Waals surface area contributed by atoms with Crippen LogP contribution in [0.1, 0.15) is 71.1 Å². The van der Waals surface area contributed by atoms with Crippen molar-refractivity contribution in [3.05, 3.63) is 0 Å². The number of carbonyl (C=O) groups excluding carboxylic acids is 1. The molecule has 0 heterocycles. The molecular formula is C13H27N3OS. The Bertz CT molecular complexity index is 234. The minimum absolute atomic E-state index is 0.0502. The summed E-state index contributed by atoms with van der Waals surface area (Å²) in [5.74, 6) is -0.0502. The van der Waals surface area contributed by atoms with Gasteiger partial charge >= 0.3 is 0 Å². The number of amides is 1. The normalized spacial score (nSPS) is 10.1. The maximum Gasteiger partial charge on any atom is 0.238 e. The molecule has 0 aliphatic carbocycles. The maximum atomic E-state index is 11.3. The van der Waals surface area contributed by atoms with Gasteiger partial charge in [0.25, 0.3) is 0 Å². The van der Waals surface area contributed by atoms with Crippen molar-refractivity contribution in [2.24, 2.45) is 5.73 Å². The van der Waals surface area contributed by atoms with Crippen LogP contribution in [0, 0.1) is 0 Å². The van der Waals surface area contributed by atoms with Gasteiger partial charge in [-0.3, -0.25) is 15.6 Å². The molecule has 0 fully saturated rings. The fourth-order valence-electron chi connectivity index (χ4n) is 1.79. The molecule has 4 N–H and O–H groups in total. The molecular weight excluding hydrogens is 246 g/mol. The standard InChI is InChI=1S/C13H27N3OS/c1-2-3-4-5-6-7-8-9-10-11-12(17)15-16-13(14)18/h2-11H2,1H3,(H,15,17)(H3,14,16,18). The first-order chi connectivity index (χ1) is 8.66. The molecule has 0 atom stereocenters. The number of hydrazine groups is 1. The number of rotatable bonds is 10. The van der Waals surface area contributed by atoms with E-state index in [4.69, 9.17) is 5.73 Å². The third kappa shape index (κ3) is 13.2. The van der Waals surface area contributed by atoms with E-state index in [9.17, 15) is 4.79 Å². The summed E-state index contributed by atoms with van der Waals surface area (Å²) in [5.41, 5.74) is 10.1. The first kappa shape index (κ1) is 17.2. The Balaban J connectivity index is 3.15. The molecule has 0 aliphatic heterocycles. The Kier molecular flexibility index (Phi) is 12.0. The van der Waals surface area contributed by atoms with Crippen LogP contribution < -0.4 is 16.6 Å². The van der Waals surface area contributed by atoms with Gasteiger partial charge in [0.2, 0.25) is 5.91 Å². The molecule has 4 nitrogen and oxygen atoms in total. The molecule has 0 saturated carbocycles. The van der Waals surface area contributed by atoms with Crippen molar-refractivity contribution in [1.82, 2.24) is 10.9 Å². The Morgan fingerprint density at radius 3 is 1.94 bits per heavy atom. The summed E-state index contributed by atoms with van der Waals surface area (Å²) in [6, 6.07) is 0. The second-order valence-electron chi connectivity index (χ2n) is 4.62. The zero-order valence-corrected chi connectivity index (χ0v) is 12.3. The van der Waals surface area contributed by atoms with E-state index in [1.807, 2.05) is 0 Å². The minimum Gasteiger partial charge on any atom is -0.375 e. The van der Waals surface area contributed by atoms with E-state index in [0.717, 1.165) is 12.8 Å². The molecule has 18 heavy (non-hydrogen) atoms. The molecule has 0 aromatic rings. The van der Waals surface area contributed by atoms with E-state index in [1.165, 1.54) is 44.9 Å². The van der Waals surface area contributed by atoms with E-state index in [2.05, 4.69) is 30.0 Å².